The van der Waals surface area contributed by atoms with Crippen LogP contribution in [0, 0.1) is 0 Å². The third-order valence-electron chi connectivity index (χ3n) is 3.63. The summed E-state index contributed by atoms with van der Waals surface area (Å²) in [4.78, 5) is 29.0. The van der Waals surface area contributed by atoms with Crippen LogP contribution >= 0.6 is 11.3 Å². The minimum atomic E-state index is -0.444. The van der Waals surface area contributed by atoms with Gasteiger partial charge in [-0.3, -0.25) is 4.79 Å². The number of ether oxygens (including phenoxy) is 1. The highest BCUT2D eigenvalue weighted by atomic mass is 32.1. The Morgan fingerprint density at radius 3 is 2.56 bits per heavy atom. The number of methoxy groups -OCH3 is 1. The number of carbonyl (C=O) groups excluding carboxylic acids is 2. The van der Waals surface area contributed by atoms with Crippen LogP contribution in [0.5, 0.6) is 0 Å². The van der Waals surface area contributed by atoms with Crippen molar-refractivity contribution >= 4 is 34.0 Å². The molecule has 25 heavy (non-hydrogen) atoms. The Hall–Kier alpha value is -2.41. The summed E-state index contributed by atoms with van der Waals surface area (Å²) in [5.41, 5.74) is 7.78. The molecule has 0 bridgehead atoms. The highest BCUT2D eigenvalue weighted by Crippen LogP contribution is 2.32. The number of benzene rings is 1. The summed E-state index contributed by atoms with van der Waals surface area (Å²) in [5.74, 6) is -0.617. The molecule has 6 nitrogen and oxygen atoms in total. The lowest BCUT2D eigenvalue weighted by Gasteiger charge is -2.16. The zero-order valence-corrected chi connectivity index (χ0v) is 15.7. The molecule has 0 atom stereocenters. The van der Waals surface area contributed by atoms with E-state index in [-0.39, 0.29) is 17.7 Å². The highest BCUT2D eigenvalue weighted by Gasteiger charge is 2.28. The predicted molar refractivity (Wildman–Crippen MR) is 100.0 cm³/mol. The topological polar surface area (TPSA) is 94.3 Å². The summed E-state index contributed by atoms with van der Waals surface area (Å²) in [5, 5.41) is 3.16. The van der Waals surface area contributed by atoms with E-state index in [1.54, 1.807) is 0 Å². The number of para-hydroxylation sites is 1. The normalized spacial score (nSPS) is 11.2. The van der Waals surface area contributed by atoms with Crippen LogP contribution < -0.4 is 11.1 Å². The summed E-state index contributed by atoms with van der Waals surface area (Å²) in [6, 6.07) is 7.46. The number of hydrogen-bond acceptors (Lipinski definition) is 6. The van der Waals surface area contributed by atoms with E-state index >= 15 is 0 Å². The Morgan fingerprint density at radius 1 is 1.28 bits per heavy atom. The number of anilines is 2. The maximum absolute atomic E-state index is 12.2. The number of nitrogens with zero attached hydrogens (tertiary/aromatic N) is 1. The maximum Gasteiger partial charge on any atom is 0.350 e. The van der Waals surface area contributed by atoms with Crippen molar-refractivity contribution in [2.24, 2.45) is 0 Å². The van der Waals surface area contributed by atoms with Crippen LogP contribution in [0.2, 0.25) is 0 Å². The average molecular weight is 361 g/mol. The molecule has 0 aliphatic carbocycles. The second-order valence-electron chi connectivity index (χ2n) is 6.69. The first kappa shape index (κ1) is 18.9. The zero-order chi connectivity index (χ0) is 18.6. The molecule has 7 heteroatoms. The van der Waals surface area contributed by atoms with Gasteiger partial charge in [0.15, 0.2) is 5.13 Å². The van der Waals surface area contributed by atoms with Gasteiger partial charge in [-0.1, -0.05) is 50.3 Å². The SMILES string of the molecule is COC(=O)c1sc(NC(=O)CCc2ccccc2N)nc1C(C)(C)C. The van der Waals surface area contributed by atoms with Crippen LogP contribution in [0.15, 0.2) is 24.3 Å². The molecule has 1 heterocycles. The lowest BCUT2D eigenvalue weighted by Crippen LogP contribution is -2.17. The van der Waals surface area contributed by atoms with Crippen LogP contribution in [-0.4, -0.2) is 24.0 Å². The van der Waals surface area contributed by atoms with Crippen LogP contribution in [0.25, 0.3) is 0 Å². The first-order valence-electron chi connectivity index (χ1n) is 7.95. The van der Waals surface area contributed by atoms with Gasteiger partial charge >= 0.3 is 5.97 Å². The minimum Gasteiger partial charge on any atom is -0.465 e. The third-order valence-corrected chi connectivity index (χ3v) is 4.58. The highest BCUT2D eigenvalue weighted by molar-refractivity contribution is 7.17. The number of aryl methyl sites for hydroxylation is 1. The van der Waals surface area contributed by atoms with Crippen LogP contribution in [0.1, 0.15) is 48.1 Å². The molecule has 0 radical (unpaired) electrons. The molecule has 1 amide bonds. The first-order valence-corrected chi connectivity index (χ1v) is 8.77. The largest absolute Gasteiger partial charge is 0.465 e. The van der Waals surface area contributed by atoms with Crippen molar-refractivity contribution in [2.75, 3.05) is 18.2 Å². The Bertz CT molecular complexity index is 778. The van der Waals surface area contributed by atoms with Gasteiger partial charge in [-0.05, 0) is 18.1 Å². The molecule has 0 fully saturated rings. The number of nitrogen functional groups attached to an aromatic ring is 1. The number of nitrogens with one attached hydrogen (secondary N) is 1. The number of nitrogens with two attached hydrogens (primary N) is 1. The molecule has 1 aromatic carbocycles. The second kappa shape index (κ2) is 7.65. The summed E-state index contributed by atoms with van der Waals surface area (Å²) in [7, 11) is 1.33. The number of hydrogen-bond donors (Lipinski definition) is 2. The number of amides is 1. The lowest BCUT2D eigenvalue weighted by atomic mass is 9.91. The molecule has 0 aliphatic rings. The molecular formula is C18H23N3O3S. The molecule has 1 aromatic heterocycles. The smallest absolute Gasteiger partial charge is 0.350 e. The lowest BCUT2D eigenvalue weighted by molar-refractivity contribution is -0.116. The van der Waals surface area contributed by atoms with Gasteiger partial charge in [0.05, 0.1) is 12.8 Å². The summed E-state index contributed by atoms with van der Waals surface area (Å²) < 4.78 is 4.81. The molecule has 0 saturated carbocycles. The van der Waals surface area contributed by atoms with Gasteiger partial charge in [-0.2, -0.15) is 0 Å². The maximum atomic E-state index is 12.2. The molecule has 0 spiro atoms. The molecule has 134 valence electrons. The number of aromatic nitrogens is 1. The van der Waals surface area contributed by atoms with E-state index in [0.717, 1.165) is 16.9 Å². The van der Waals surface area contributed by atoms with Gasteiger partial charge in [0.1, 0.15) is 4.88 Å². The van der Waals surface area contributed by atoms with Crippen LogP contribution in [-0.2, 0) is 21.4 Å². The molecule has 3 N–H and O–H groups in total. The number of thiazole rings is 1. The number of esters is 1. The second-order valence-corrected chi connectivity index (χ2v) is 7.68. The standard InChI is InChI=1S/C18H23N3O3S/c1-18(2,3)15-14(16(23)24-4)25-17(21-15)20-13(22)10-9-11-7-5-6-8-12(11)19/h5-8H,9-10,19H2,1-4H3,(H,20,21,22). The number of carbonyl (C=O) groups is 2. The van der Waals surface area contributed by atoms with Crippen LogP contribution in [0.3, 0.4) is 0 Å². The summed E-state index contributed by atoms with van der Waals surface area (Å²) in [6.45, 7) is 5.87. The van der Waals surface area contributed by atoms with Crippen molar-refractivity contribution in [3.63, 3.8) is 0 Å². The van der Waals surface area contributed by atoms with Gasteiger partial charge < -0.3 is 15.8 Å². The molecular weight excluding hydrogens is 338 g/mol. The minimum absolute atomic E-state index is 0.172. The average Bonchev–Trinajstić information content (AvgIpc) is 2.97. The van der Waals surface area contributed by atoms with Gasteiger partial charge in [0, 0.05) is 17.5 Å². The van der Waals surface area contributed by atoms with E-state index in [2.05, 4.69) is 10.3 Å². The Morgan fingerprint density at radius 2 is 1.96 bits per heavy atom. The molecule has 0 unspecified atom stereocenters. The fourth-order valence-electron chi connectivity index (χ4n) is 2.30. The zero-order valence-electron chi connectivity index (χ0n) is 14.9. The molecule has 2 aromatic rings. The fourth-order valence-corrected chi connectivity index (χ4v) is 3.42. The van der Waals surface area contributed by atoms with Crippen molar-refractivity contribution in [2.45, 2.75) is 39.0 Å². The Balaban J connectivity index is 2.09. The van der Waals surface area contributed by atoms with Crippen molar-refractivity contribution in [3.8, 4) is 0 Å². The molecule has 2 rings (SSSR count). The fraction of sp³-hybridized carbons (Fsp3) is 0.389. The quantitative estimate of drug-likeness (QED) is 0.629. The van der Waals surface area contributed by atoms with Crippen molar-refractivity contribution in [3.05, 3.63) is 40.4 Å². The molecule has 0 aliphatic heterocycles. The van der Waals surface area contributed by atoms with Crippen molar-refractivity contribution in [1.29, 1.82) is 0 Å². The summed E-state index contributed by atoms with van der Waals surface area (Å²) >= 11 is 1.13. The van der Waals surface area contributed by atoms with E-state index in [9.17, 15) is 9.59 Å². The van der Waals surface area contributed by atoms with Gasteiger partial charge in [0.2, 0.25) is 5.91 Å². The van der Waals surface area contributed by atoms with Gasteiger partial charge in [-0.25, -0.2) is 9.78 Å². The summed E-state index contributed by atoms with van der Waals surface area (Å²) in [6.07, 6.45) is 0.825. The molecule has 0 saturated heterocycles. The van der Waals surface area contributed by atoms with E-state index in [0.29, 0.717) is 27.8 Å². The van der Waals surface area contributed by atoms with Gasteiger partial charge in [0.25, 0.3) is 0 Å². The van der Waals surface area contributed by atoms with Crippen LogP contribution in [0.4, 0.5) is 10.8 Å². The Kier molecular flexibility index (Phi) is 5.79. The van der Waals surface area contributed by atoms with E-state index < -0.39 is 5.97 Å². The monoisotopic (exact) mass is 361 g/mol. The Labute approximate surface area is 151 Å². The van der Waals surface area contributed by atoms with E-state index in [4.69, 9.17) is 10.5 Å². The first-order chi connectivity index (χ1) is 11.7. The third kappa shape index (κ3) is 4.79. The van der Waals surface area contributed by atoms with E-state index in [1.807, 2.05) is 45.0 Å². The van der Waals surface area contributed by atoms with E-state index in [1.165, 1.54) is 7.11 Å². The predicted octanol–water partition coefficient (Wildman–Crippen LogP) is 3.38. The van der Waals surface area contributed by atoms with Crippen molar-refractivity contribution in [1.82, 2.24) is 4.98 Å². The number of rotatable bonds is 5. The van der Waals surface area contributed by atoms with Gasteiger partial charge in [-0.15, -0.1) is 0 Å². The van der Waals surface area contributed by atoms with Crippen molar-refractivity contribution < 1.29 is 14.3 Å².